The Hall–Kier alpha value is -2.55. The van der Waals surface area contributed by atoms with Gasteiger partial charge >= 0.3 is 0 Å². The molecule has 0 radical (unpaired) electrons. The van der Waals surface area contributed by atoms with E-state index < -0.39 is 0 Å². The third-order valence-corrected chi connectivity index (χ3v) is 3.83. The molecule has 0 spiro atoms. The van der Waals surface area contributed by atoms with Gasteiger partial charge in [0, 0.05) is 31.3 Å². The first kappa shape index (κ1) is 17.8. The van der Waals surface area contributed by atoms with E-state index in [0.717, 1.165) is 23.5 Å². The Kier molecular flexibility index (Phi) is 6.62. The average molecular weight is 323 g/mol. The van der Waals surface area contributed by atoms with Gasteiger partial charge in [-0.2, -0.15) is 0 Å². The Balaban J connectivity index is 2.26. The Morgan fingerprint density at radius 1 is 1.12 bits per heavy atom. The maximum atomic E-state index is 11.6. The van der Waals surface area contributed by atoms with E-state index in [-0.39, 0.29) is 12.4 Å². The van der Waals surface area contributed by atoms with Crippen LogP contribution in [-0.4, -0.2) is 19.4 Å². The van der Waals surface area contributed by atoms with Gasteiger partial charge in [0.2, 0.25) is 0 Å². The summed E-state index contributed by atoms with van der Waals surface area (Å²) in [4.78, 5) is 13.8. The number of ether oxygens (including phenoxy) is 1. The molecule has 2 aromatic carbocycles. The number of allylic oxidation sites excluding steroid dienone is 1. The quantitative estimate of drug-likeness (QED) is 0.704. The van der Waals surface area contributed by atoms with Crippen LogP contribution in [0.1, 0.15) is 31.4 Å². The summed E-state index contributed by atoms with van der Waals surface area (Å²) >= 11 is 0. The predicted octanol–water partition coefficient (Wildman–Crippen LogP) is 4.71. The van der Waals surface area contributed by atoms with E-state index in [0.29, 0.717) is 6.42 Å². The van der Waals surface area contributed by atoms with E-state index in [4.69, 9.17) is 4.74 Å². The second-order valence-electron chi connectivity index (χ2n) is 5.71. The highest BCUT2D eigenvalue weighted by Gasteiger charge is 2.12. The van der Waals surface area contributed by atoms with Crippen molar-refractivity contribution in [2.75, 3.05) is 18.6 Å². The minimum atomic E-state index is 0.101. The first-order valence-electron chi connectivity index (χ1n) is 8.31. The van der Waals surface area contributed by atoms with Crippen LogP contribution in [0.25, 0.3) is 6.08 Å². The summed E-state index contributed by atoms with van der Waals surface area (Å²) in [5.41, 5.74) is 3.33. The van der Waals surface area contributed by atoms with Crippen LogP contribution < -0.4 is 9.64 Å². The van der Waals surface area contributed by atoms with Gasteiger partial charge in [-0.1, -0.05) is 55.5 Å². The fourth-order valence-corrected chi connectivity index (χ4v) is 2.53. The molecule has 0 bridgehead atoms. The molecule has 3 heteroatoms. The molecule has 0 fully saturated rings. The predicted molar refractivity (Wildman–Crippen MR) is 100 cm³/mol. The summed E-state index contributed by atoms with van der Waals surface area (Å²) in [5, 5.41) is 0. The van der Waals surface area contributed by atoms with Crippen LogP contribution in [0.4, 0.5) is 5.69 Å². The molecule has 0 atom stereocenters. The fourth-order valence-electron chi connectivity index (χ4n) is 2.53. The number of anilines is 1. The smallest absolute Gasteiger partial charge is 0.169 e. The van der Waals surface area contributed by atoms with Crippen molar-refractivity contribution in [1.82, 2.24) is 0 Å². The minimum absolute atomic E-state index is 0.101. The number of carbonyl (C=O) groups is 1. The molecular weight excluding hydrogens is 298 g/mol. The number of rotatable bonds is 8. The number of carbonyl (C=O) groups excluding carboxylic acids is 1. The van der Waals surface area contributed by atoms with Crippen molar-refractivity contribution >= 4 is 17.5 Å². The van der Waals surface area contributed by atoms with Gasteiger partial charge in [-0.25, -0.2) is 0 Å². The number of hydrogen-bond donors (Lipinski definition) is 0. The van der Waals surface area contributed by atoms with Gasteiger partial charge in [0.1, 0.15) is 12.4 Å². The fraction of sp³-hybridized carbons (Fsp3) is 0.286. The second-order valence-corrected chi connectivity index (χ2v) is 5.71. The van der Waals surface area contributed by atoms with Crippen molar-refractivity contribution in [2.24, 2.45) is 0 Å². The molecule has 2 aromatic rings. The maximum Gasteiger partial charge on any atom is 0.169 e. The monoisotopic (exact) mass is 323 g/mol. The van der Waals surface area contributed by atoms with E-state index in [1.54, 1.807) is 0 Å². The van der Waals surface area contributed by atoms with Crippen molar-refractivity contribution in [3.05, 3.63) is 65.7 Å². The molecule has 0 heterocycles. The Labute approximate surface area is 144 Å². The molecule has 0 aliphatic carbocycles. The molecule has 0 aliphatic heterocycles. The van der Waals surface area contributed by atoms with Crippen LogP contribution in [0.15, 0.2) is 54.6 Å². The third kappa shape index (κ3) is 4.72. The number of nitrogens with zero attached hydrogens (tertiary/aromatic N) is 1. The van der Waals surface area contributed by atoms with Gasteiger partial charge in [0.05, 0.1) is 0 Å². The molecule has 2 rings (SSSR count). The van der Waals surface area contributed by atoms with Crippen molar-refractivity contribution in [1.29, 1.82) is 0 Å². The summed E-state index contributed by atoms with van der Waals surface area (Å²) in [6.45, 7) is 4.76. The van der Waals surface area contributed by atoms with Crippen LogP contribution in [0, 0.1) is 0 Å². The highest BCUT2D eigenvalue weighted by Crippen LogP contribution is 2.31. The highest BCUT2D eigenvalue weighted by molar-refractivity contribution is 5.80. The molecule has 0 N–H and O–H groups in total. The SMILES string of the molecule is C/C=C/c1c(OCC(=O)CC)cccc1N(C)Cc1ccccc1. The number of hydrogen-bond acceptors (Lipinski definition) is 3. The van der Waals surface area contributed by atoms with E-state index in [1.165, 1.54) is 5.56 Å². The molecule has 0 unspecified atom stereocenters. The van der Waals surface area contributed by atoms with Crippen molar-refractivity contribution in [2.45, 2.75) is 26.8 Å². The molecule has 3 nitrogen and oxygen atoms in total. The highest BCUT2D eigenvalue weighted by atomic mass is 16.5. The summed E-state index contributed by atoms with van der Waals surface area (Å²) in [5.74, 6) is 0.844. The summed E-state index contributed by atoms with van der Waals surface area (Å²) in [6.07, 6.45) is 4.51. The van der Waals surface area contributed by atoms with Crippen molar-refractivity contribution in [3.63, 3.8) is 0 Å². The van der Waals surface area contributed by atoms with Crippen LogP contribution >= 0.6 is 0 Å². The zero-order chi connectivity index (χ0) is 17.4. The molecular formula is C21H25NO2. The molecule has 0 aliphatic rings. The lowest BCUT2D eigenvalue weighted by Gasteiger charge is -2.23. The van der Waals surface area contributed by atoms with Gasteiger partial charge in [0.15, 0.2) is 5.78 Å². The zero-order valence-electron chi connectivity index (χ0n) is 14.7. The lowest BCUT2D eigenvalue weighted by molar-refractivity contribution is -0.120. The van der Waals surface area contributed by atoms with Crippen molar-refractivity contribution in [3.8, 4) is 5.75 Å². The molecule has 126 valence electrons. The Morgan fingerprint density at radius 2 is 1.88 bits per heavy atom. The van der Waals surface area contributed by atoms with E-state index in [1.807, 2.05) is 56.3 Å². The zero-order valence-corrected chi connectivity index (χ0v) is 14.7. The molecule has 24 heavy (non-hydrogen) atoms. The molecule has 0 saturated heterocycles. The van der Waals surface area contributed by atoms with Crippen molar-refractivity contribution < 1.29 is 9.53 Å². The van der Waals surface area contributed by atoms with E-state index in [2.05, 4.69) is 30.1 Å². The Morgan fingerprint density at radius 3 is 2.54 bits per heavy atom. The lowest BCUT2D eigenvalue weighted by atomic mass is 10.1. The first-order valence-corrected chi connectivity index (χ1v) is 8.31. The van der Waals surface area contributed by atoms with Gasteiger partial charge < -0.3 is 9.64 Å². The standard InChI is InChI=1S/C21H25NO2/c1-4-10-19-20(22(3)15-17-11-7-6-8-12-17)13-9-14-21(19)24-16-18(23)5-2/h4,6-14H,5,15-16H2,1-3H3/b10-4+. The molecule has 0 saturated carbocycles. The number of benzene rings is 2. The van der Waals surface area contributed by atoms with Gasteiger partial charge in [-0.15, -0.1) is 0 Å². The summed E-state index contributed by atoms with van der Waals surface area (Å²) in [6, 6.07) is 16.3. The van der Waals surface area contributed by atoms with E-state index in [9.17, 15) is 4.79 Å². The number of Topliss-reactive ketones (excluding diaryl/α,β-unsaturated/α-hetero) is 1. The minimum Gasteiger partial charge on any atom is -0.485 e. The first-order chi connectivity index (χ1) is 11.7. The van der Waals surface area contributed by atoms with Crippen LogP contribution in [0.5, 0.6) is 5.75 Å². The summed E-state index contributed by atoms with van der Waals surface area (Å²) < 4.78 is 5.76. The van der Waals surface area contributed by atoms with Gasteiger partial charge in [0.25, 0.3) is 0 Å². The van der Waals surface area contributed by atoms with Crippen LogP contribution in [-0.2, 0) is 11.3 Å². The van der Waals surface area contributed by atoms with Gasteiger partial charge in [-0.3, -0.25) is 4.79 Å². The second kappa shape index (κ2) is 8.92. The van der Waals surface area contributed by atoms with Gasteiger partial charge in [-0.05, 0) is 24.6 Å². The summed E-state index contributed by atoms with van der Waals surface area (Å²) in [7, 11) is 2.07. The normalized spacial score (nSPS) is 10.8. The average Bonchev–Trinajstić information content (AvgIpc) is 2.61. The molecule has 0 amide bonds. The Bertz CT molecular complexity index is 692. The number of ketones is 1. The van der Waals surface area contributed by atoms with Crippen LogP contribution in [0.2, 0.25) is 0 Å². The van der Waals surface area contributed by atoms with E-state index >= 15 is 0 Å². The largest absolute Gasteiger partial charge is 0.485 e. The topological polar surface area (TPSA) is 29.5 Å². The maximum absolute atomic E-state index is 11.6. The van der Waals surface area contributed by atoms with Crippen LogP contribution in [0.3, 0.4) is 0 Å². The lowest BCUT2D eigenvalue weighted by Crippen LogP contribution is -2.18. The third-order valence-electron chi connectivity index (χ3n) is 3.83. The molecule has 0 aromatic heterocycles.